The molecule has 0 amide bonds. The fourth-order valence-electron chi connectivity index (χ4n) is 4.10. The lowest BCUT2D eigenvalue weighted by atomic mass is 9.90. The fourth-order valence-corrected chi connectivity index (χ4v) is 4.10. The van der Waals surface area contributed by atoms with Gasteiger partial charge >= 0.3 is 0 Å². The van der Waals surface area contributed by atoms with Crippen LogP contribution in [0.5, 0.6) is 0 Å². The van der Waals surface area contributed by atoms with Crippen molar-refractivity contribution < 1.29 is 5.11 Å². The number of hydrogen-bond donors (Lipinski definition) is 1. The van der Waals surface area contributed by atoms with E-state index in [-0.39, 0.29) is 0 Å². The van der Waals surface area contributed by atoms with Gasteiger partial charge in [-0.3, -0.25) is 0 Å². The molecule has 0 bridgehead atoms. The minimum Gasteiger partial charge on any atom is -0.385 e. The second kappa shape index (κ2) is 3.10. The van der Waals surface area contributed by atoms with Crippen molar-refractivity contribution in [3.8, 4) is 0 Å². The Kier molecular flexibility index (Phi) is 2.00. The highest BCUT2D eigenvalue weighted by Crippen LogP contribution is 2.67. The summed E-state index contributed by atoms with van der Waals surface area (Å²) in [6.07, 6.45) is 3.74. The van der Waals surface area contributed by atoms with Crippen LogP contribution in [0.3, 0.4) is 0 Å². The predicted octanol–water partition coefficient (Wildman–Crippen LogP) is 3.23. The molecule has 1 aromatic carbocycles. The largest absolute Gasteiger partial charge is 0.385 e. The first-order valence-corrected chi connectivity index (χ1v) is 6.36. The van der Waals surface area contributed by atoms with E-state index in [0.717, 1.165) is 0 Å². The molecule has 0 spiro atoms. The molecule has 0 aliphatic heterocycles. The Labute approximate surface area is 97.5 Å². The Morgan fingerprint density at radius 2 is 1.56 bits per heavy atom. The number of fused-ring (bicyclic) bond motifs is 1. The molecule has 0 heterocycles. The van der Waals surface area contributed by atoms with Crippen molar-refractivity contribution in [3.05, 3.63) is 34.4 Å². The summed E-state index contributed by atoms with van der Waals surface area (Å²) in [5, 5.41) is 10.8. The first kappa shape index (κ1) is 10.3. The van der Waals surface area contributed by atoms with Gasteiger partial charge in [0.2, 0.25) is 0 Å². The van der Waals surface area contributed by atoms with E-state index in [1.807, 2.05) is 0 Å². The average Bonchev–Trinajstić information content (AvgIpc) is 2.61. The van der Waals surface area contributed by atoms with Gasteiger partial charge in [-0.15, -0.1) is 0 Å². The van der Waals surface area contributed by atoms with Crippen molar-refractivity contribution in [2.75, 3.05) is 0 Å². The Morgan fingerprint density at radius 3 is 2.06 bits per heavy atom. The van der Waals surface area contributed by atoms with Crippen molar-refractivity contribution in [3.63, 3.8) is 0 Å². The SMILES string of the molecule is Cc1cc(C)c(C2(O)C3CCCC32)c(C)c1. The summed E-state index contributed by atoms with van der Waals surface area (Å²) in [6.45, 7) is 6.41. The molecular weight excluding hydrogens is 196 g/mol. The molecule has 3 rings (SSSR count). The molecule has 2 aliphatic rings. The van der Waals surface area contributed by atoms with E-state index in [4.69, 9.17) is 0 Å². The molecule has 1 heteroatoms. The van der Waals surface area contributed by atoms with Gasteiger partial charge in [0.1, 0.15) is 0 Å². The lowest BCUT2D eigenvalue weighted by Crippen LogP contribution is -2.16. The van der Waals surface area contributed by atoms with Crippen LogP contribution in [-0.2, 0) is 5.60 Å². The van der Waals surface area contributed by atoms with Gasteiger partial charge in [0.15, 0.2) is 0 Å². The number of hydrogen-bond acceptors (Lipinski definition) is 1. The maximum Gasteiger partial charge on any atom is 0.0965 e. The van der Waals surface area contributed by atoms with E-state index < -0.39 is 5.60 Å². The van der Waals surface area contributed by atoms with Crippen molar-refractivity contribution in [1.29, 1.82) is 0 Å². The summed E-state index contributed by atoms with van der Waals surface area (Å²) in [6, 6.07) is 4.41. The second-order valence-corrected chi connectivity index (χ2v) is 5.74. The highest BCUT2D eigenvalue weighted by molar-refractivity contribution is 5.46. The summed E-state index contributed by atoms with van der Waals surface area (Å²) in [7, 11) is 0. The van der Waals surface area contributed by atoms with Crippen LogP contribution < -0.4 is 0 Å². The molecule has 2 fully saturated rings. The molecule has 0 saturated heterocycles. The number of rotatable bonds is 1. The first-order valence-electron chi connectivity index (χ1n) is 6.36. The third-order valence-electron chi connectivity index (χ3n) is 4.61. The molecule has 1 N–H and O–H groups in total. The van der Waals surface area contributed by atoms with E-state index in [0.29, 0.717) is 11.8 Å². The fraction of sp³-hybridized carbons (Fsp3) is 0.600. The van der Waals surface area contributed by atoms with Gasteiger partial charge in [0.05, 0.1) is 5.60 Å². The van der Waals surface area contributed by atoms with E-state index >= 15 is 0 Å². The standard InChI is InChI=1S/C15H20O/c1-9-7-10(2)14(11(3)8-9)15(16)12-5-4-6-13(12)15/h7-8,12-13,16H,4-6H2,1-3H3. The molecular formula is C15H20O. The van der Waals surface area contributed by atoms with Gasteiger partial charge in [-0.25, -0.2) is 0 Å². The van der Waals surface area contributed by atoms with Gasteiger partial charge < -0.3 is 5.11 Å². The molecule has 0 aromatic heterocycles. The predicted molar refractivity (Wildman–Crippen MR) is 65.4 cm³/mol. The van der Waals surface area contributed by atoms with E-state index in [1.165, 1.54) is 41.5 Å². The first-order chi connectivity index (χ1) is 7.55. The maximum absolute atomic E-state index is 10.8. The Balaban J connectivity index is 2.08. The van der Waals surface area contributed by atoms with Gasteiger partial charge in [0.25, 0.3) is 0 Å². The number of aliphatic hydroxyl groups is 1. The van der Waals surface area contributed by atoms with Crippen LogP contribution in [0.4, 0.5) is 0 Å². The Morgan fingerprint density at radius 1 is 1.06 bits per heavy atom. The smallest absolute Gasteiger partial charge is 0.0965 e. The summed E-state index contributed by atoms with van der Waals surface area (Å²) < 4.78 is 0. The molecule has 2 aliphatic carbocycles. The van der Waals surface area contributed by atoms with Gasteiger partial charge in [-0.05, 0) is 62.1 Å². The zero-order valence-corrected chi connectivity index (χ0v) is 10.4. The van der Waals surface area contributed by atoms with Crippen LogP contribution in [0.15, 0.2) is 12.1 Å². The summed E-state index contributed by atoms with van der Waals surface area (Å²) in [4.78, 5) is 0. The molecule has 1 aromatic rings. The molecule has 0 radical (unpaired) electrons. The summed E-state index contributed by atoms with van der Waals surface area (Å²) >= 11 is 0. The molecule has 1 nitrogen and oxygen atoms in total. The Hall–Kier alpha value is -0.820. The Bertz CT molecular complexity index is 414. The van der Waals surface area contributed by atoms with Crippen molar-refractivity contribution in [2.24, 2.45) is 11.8 Å². The van der Waals surface area contributed by atoms with Crippen molar-refractivity contribution in [1.82, 2.24) is 0 Å². The van der Waals surface area contributed by atoms with Crippen LogP contribution in [0, 0.1) is 32.6 Å². The van der Waals surface area contributed by atoms with Crippen LogP contribution in [0.1, 0.15) is 41.5 Å². The van der Waals surface area contributed by atoms with E-state index in [9.17, 15) is 5.11 Å². The number of benzene rings is 1. The third-order valence-corrected chi connectivity index (χ3v) is 4.61. The van der Waals surface area contributed by atoms with Crippen LogP contribution >= 0.6 is 0 Å². The highest BCUT2D eigenvalue weighted by Gasteiger charge is 2.66. The molecule has 2 atom stereocenters. The lowest BCUT2D eigenvalue weighted by molar-refractivity contribution is 0.104. The maximum atomic E-state index is 10.8. The third kappa shape index (κ3) is 1.15. The van der Waals surface area contributed by atoms with Crippen LogP contribution in [-0.4, -0.2) is 5.11 Å². The van der Waals surface area contributed by atoms with Gasteiger partial charge in [-0.1, -0.05) is 24.1 Å². The van der Waals surface area contributed by atoms with E-state index in [2.05, 4.69) is 32.9 Å². The van der Waals surface area contributed by atoms with Crippen molar-refractivity contribution >= 4 is 0 Å². The second-order valence-electron chi connectivity index (χ2n) is 5.74. The average molecular weight is 216 g/mol. The minimum atomic E-state index is -0.472. The normalized spacial score (nSPS) is 36.2. The topological polar surface area (TPSA) is 20.2 Å². The summed E-state index contributed by atoms with van der Waals surface area (Å²) in [5.74, 6) is 1.10. The van der Waals surface area contributed by atoms with Gasteiger partial charge in [-0.2, -0.15) is 0 Å². The molecule has 2 saturated carbocycles. The van der Waals surface area contributed by atoms with E-state index in [1.54, 1.807) is 0 Å². The lowest BCUT2D eigenvalue weighted by Gasteiger charge is -2.20. The quantitative estimate of drug-likeness (QED) is 0.764. The number of aryl methyl sites for hydroxylation is 3. The van der Waals surface area contributed by atoms with Crippen LogP contribution in [0.25, 0.3) is 0 Å². The zero-order valence-electron chi connectivity index (χ0n) is 10.4. The molecule has 16 heavy (non-hydrogen) atoms. The highest BCUT2D eigenvalue weighted by atomic mass is 16.3. The molecule has 86 valence electrons. The monoisotopic (exact) mass is 216 g/mol. The summed E-state index contributed by atoms with van der Waals surface area (Å²) in [5.41, 5.74) is 4.60. The zero-order chi connectivity index (χ0) is 11.5. The van der Waals surface area contributed by atoms with Gasteiger partial charge in [0, 0.05) is 0 Å². The minimum absolute atomic E-state index is 0.472. The van der Waals surface area contributed by atoms with Crippen molar-refractivity contribution in [2.45, 2.75) is 45.6 Å². The molecule has 2 unspecified atom stereocenters. The van der Waals surface area contributed by atoms with Crippen LogP contribution in [0.2, 0.25) is 0 Å².